The van der Waals surface area contributed by atoms with Crippen LogP contribution in [0.15, 0.2) is 78.9 Å². The summed E-state index contributed by atoms with van der Waals surface area (Å²) >= 11 is 0. The number of carbonyl (C=O) groups excluding carboxylic acids is 2. The number of hydrazine groups is 1. The summed E-state index contributed by atoms with van der Waals surface area (Å²) in [5, 5.41) is 1.72. The van der Waals surface area contributed by atoms with Gasteiger partial charge < -0.3 is 9.47 Å². The molecular weight excluding hydrogens is 416 g/mol. The van der Waals surface area contributed by atoms with Crippen LogP contribution in [0.3, 0.4) is 0 Å². The van der Waals surface area contributed by atoms with E-state index in [1.165, 1.54) is 22.3 Å². The van der Waals surface area contributed by atoms with Crippen LogP contribution in [-0.2, 0) is 20.9 Å². The number of ether oxygens (including phenoxy) is 2. The van der Waals surface area contributed by atoms with Gasteiger partial charge in [0.2, 0.25) is 0 Å². The number of amides is 1. The Hall–Kier alpha value is -3.64. The van der Waals surface area contributed by atoms with E-state index in [0.29, 0.717) is 26.1 Å². The second-order valence-electron chi connectivity index (χ2n) is 8.46. The maximum absolute atomic E-state index is 12.8. The minimum atomic E-state index is -0.521. The Morgan fingerprint density at radius 3 is 2.18 bits per heavy atom. The van der Waals surface area contributed by atoms with Gasteiger partial charge >= 0.3 is 12.1 Å². The molecule has 1 unspecified atom stereocenters. The molecule has 1 amide bonds. The van der Waals surface area contributed by atoms with E-state index in [4.69, 9.17) is 9.47 Å². The van der Waals surface area contributed by atoms with Gasteiger partial charge in [-0.2, -0.15) is 0 Å². The zero-order chi connectivity index (χ0) is 22.6. The summed E-state index contributed by atoms with van der Waals surface area (Å²) in [6.07, 6.45) is 0.113. The van der Waals surface area contributed by atoms with E-state index in [1.807, 2.05) is 54.6 Å². The summed E-state index contributed by atoms with van der Waals surface area (Å²) in [4.78, 5) is 24.9. The Balaban J connectivity index is 1.12. The topological polar surface area (TPSA) is 67.9 Å². The SMILES string of the molecule is O=C(NN1CCC(C(=O)OCC2c3ccccc3-c3ccccc32)C1)OCc1ccccc1. The van der Waals surface area contributed by atoms with Gasteiger partial charge in [0.25, 0.3) is 0 Å². The van der Waals surface area contributed by atoms with Crippen LogP contribution in [0, 0.1) is 5.92 Å². The highest BCUT2D eigenvalue weighted by molar-refractivity contribution is 5.79. The number of esters is 1. The highest BCUT2D eigenvalue weighted by Gasteiger charge is 2.33. The molecule has 0 saturated carbocycles. The van der Waals surface area contributed by atoms with Gasteiger partial charge in [0.1, 0.15) is 13.2 Å². The van der Waals surface area contributed by atoms with Crippen molar-refractivity contribution in [3.8, 4) is 11.1 Å². The quantitative estimate of drug-likeness (QED) is 0.569. The van der Waals surface area contributed by atoms with Gasteiger partial charge in [0, 0.05) is 19.0 Å². The first-order chi connectivity index (χ1) is 16.2. The standard InChI is InChI=1S/C27H26N2O4/c30-26(20-14-15-29(16-20)28-27(31)33-17-19-8-2-1-3-9-19)32-18-25-23-12-6-4-10-21(23)22-11-5-7-13-24(22)25/h1-13,20,25H,14-18H2,(H,28,31). The zero-order valence-corrected chi connectivity index (χ0v) is 18.3. The maximum Gasteiger partial charge on any atom is 0.422 e. The van der Waals surface area contributed by atoms with Crippen molar-refractivity contribution in [2.75, 3.05) is 19.7 Å². The average molecular weight is 443 g/mol. The van der Waals surface area contributed by atoms with Crippen LogP contribution in [0.25, 0.3) is 11.1 Å². The summed E-state index contributed by atoms with van der Waals surface area (Å²) in [7, 11) is 0. The van der Waals surface area contributed by atoms with Crippen molar-refractivity contribution in [3.63, 3.8) is 0 Å². The summed E-state index contributed by atoms with van der Waals surface area (Å²) in [6.45, 7) is 1.51. The molecule has 3 aromatic rings. The van der Waals surface area contributed by atoms with E-state index < -0.39 is 6.09 Å². The highest BCUT2D eigenvalue weighted by Crippen LogP contribution is 2.44. The molecule has 1 aliphatic heterocycles. The lowest BCUT2D eigenvalue weighted by atomic mass is 9.98. The molecule has 2 aliphatic rings. The van der Waals surface area contributed by atoms with Gasteiger partial charge in [-0.05, 0) is 34.2 Å². The van der Waals surface area contributed by atoms with Gasteiger partial charge in [0.15, 0.2) is 0 Å². The van der Waals surface area contributed by atoms with Crippen molar-refractivity contribution in [2.45, 2.75) is 18.9 Å². The van der Waals surface area contributed by atoms with Gasteiger partial charge in [-0.25, -0.2) is 9.80 Å². The maximum atomic E-state index is 12.8. The van der Waals surface area contributed by atoms with Crippen molar-refractivity contribution < 1.29 is 19.1 Å². The molecular formula is C27H26N2O4. The van der Waals surface area contributed by atoms with Crippen LogP contribution in [0.1, 0.15) is 29.0 Å². The number of nitrogens with zero attached hydrogens (tertiary/aromatic N) is 1. The molecule has 168 valence electrons. The minimum absolute atomic E-state index is 0.0462. The molecule has 33 heavy (non-hydrogen) atoms. The minimum Gasteiger partial charge on any atom is -0.464 e. The fourth-order valence-electron chi connectivity index (χ4n) is 4.66. The van der Waals surface area contributed by atoms with E-state index in [0.717, 1.165) is 5.56 Å². The highest BCUT2D eigenvalue weighted by atomic mass is 16.6. The number of rotatable bonds is 6. The molecule has 1 heterocycles. The zero-order valence-electron chi connectivity index (χ0n) is 18.3. The Morgan fingerprint density at radius 1 is 0.848 bits per heavy atom. The molecule has 0 aromatic heterocycles. The molecule has 6 nitrogen and oxygen atoms in total. The summed E-state index contributed by atoms with van der Waals surface area (Å²) in [5.41, 5.74) is 8.45. The number of fused-ring (bicyclic) bond motifs is 3. The van der Waals surface area contributed by atoms with Crippen LogP contribution in [-0.4, -0.2) is 36.8 Å². The first kappa shape index (κ1) is 21.2. The molecule has 1 fully saturated rings. The number of hydrogen-bond acceptors (Lipinski definition) is 5. The monoisotopic (exact) mass is 442 g/mol. The Kier molecular flexibility index (Phi) is 6.09. The third kappa shape index (κ3) is 4.61. The second kappa shape index (κ2) is 9.46. The normalized spacial score (nSPS) is 17.3. The third-order valence-electron chi connectivity index (χ3n) is 6.34. The van der Waals surface area contributed by atoms with Crippen molar-refractivity contribution in [3.05, 3.63) is 95.6 Å². The summed E-state index contributed by atoms with van der Waals surface area (Å²) in [5.74, 6) is -0.449. The first-order valence-electron chi connectivity index (χ1n) is 11.3. The fourth-order valence-corrected chi connectivity index (χ4v) is 4.66. The van der Waals surface area contributed by atoms with Crippen molar-refractivity contribution in [1.29, 1.82) is 0 Å². The molecule has 1 atom stereocenters. The molecule has 1 N–H and O–H groups in total. The largest absolute Gasteiger partial charge is 0.464 e. The van der Waals surface area contributed by atoms with Crippen LogP contribution in [0.2, 0.25) is 0 Å². The predicted molar refractivity (Wildman–Crippen MR) is 124 cm³/mol. The number of carbonyl (C=O) groups is 2. The fraction of sp³-hybridized carbons (Fsp3) is 0.259. The van der Waals surface area contributed by atoms with Crippen molar-refractivity contribution in [1.82, 2.24) is 10.4 Å². The summed E-state index contributed by atoms with van der Waals surface area (Å²) in [6, 6.07) is 26.1. The molecule has 0 spiro atoms. The van der Waals surface area contributed by atoms with Crippen molar-refractivity contribution in [2.24, 2.45) is 5.92 Å². The third-order valence-corrected chi connectivity index (χ3v) is 6.34. The Bertz CT molecular complexity index is 1100. The first-order valence-corrected chi connectivity index (χ1v) is 11.3. The van der Waals surface area contributed by atoms with Crippen LogP contribution in [0.4, 0.5) is 4.79 Å². The number of hydrogen-bond donors (Lipinski definition) is 1. The van der Waals surface area contributed by atoms with Gasteiger partial charge in [0.05, 0.1) is 5.92 Å². The van der Waals surface area contributed by atoms with E-state index in [9.17, 15) is 9.59 Å². The van der Waals surface area contributed by atoms with Crippen molar-refractivity contribution >= 4 is 12.1 Å². The Morgan fingerprint density at radius 2 is 1.48 bits per heavy atom. The molecule has 0 radical (unpaired) electrons. The lowest BCUT2D eigenvalue weighted by Gasteiger charge is -2.18. The lowest BCUT2D eigenvalue weighted by Crippen LogP contribution is -2.41. The van der Waals surface area contributed by atoms with E-state index in [2.05, 4.69) is 29.7 Å². The second-order valence-corrected chi connectivity index (χ2v) is 8.46. The Labute approximate surface area is 193 Å². The van der Waals surface area contributed by atoms with E-state index >= 15 is 0 Å². The smallest absolute Gasteiger partial charge is 0.422 e. The molecule has 0 bridgehead atoms. The molecule has 5 rings (SSSR count). The molecule has 1 aliphatic carbocycles. The molecule has 3 aromatic carbocycles. The predicted octanol–water partition coefficient (Wildman–Crippen LogP) is 4.51. The van der Waals surface area contributed by atoms with E-state index in [1.54, 1.807) is 5.01 Å². The van der Waals surface area contributed by atoms with Crippen LogP contribution in [0.5, 0.6) is 0 Å². The van der Waals surface area contributed by atoms with Gasteiger partial charge in [-0.15, -0.1) is 0 Å². The van der Waals surface area contributed by atoms with Gasteiger partial charge in [-0.3, -0.25) is 10.2 Å². The summed E-state index contributed by atoms with van der Waals surface area (Å²) < 4.78 is 11.0. The number of benzene rings is 3. The van der Waals surface area contributed by atoms with Crippen LogP contribution >= 0.6 is 0 Å². The molecule has 6 heteroatoms. The number of nitrogens with one attached hydrogen (secondary N) is 1. The average Bonchev–Trinajstić information content (AvgIpc) is 3.45. The van der Waals surface area contributed by atoms with Gasteiger partial charge in [-0.1, -0.05) is 78.9 Å². The van der Waals surface area contributed by atoms with E-state index in [-0.39, 0.29) is 24.4 Å². The molecule has 1 saturated heterocycles. The van der Waals surface area contributed by atoms with Crippen LogP contribution < -0.4 is 5.43 Å². The lowest BCUT2D eigenvalue weighted by molar-refractivity contribution is -0.148.